The smallest absolute Gasteiger partial charge is 0.320 e. The van der Waals surface area contributed by atoms with Crippen molar-refractivity contribution >= 4 is 5.97 Å². The molecule has 1 aliphatic carbocycles. The minimum absolute atomic E-state index is 0.216. The third-order valence-electron chi connectivity index (χ3n) is 4.62. The van der Waals surface area contributed by atoms with E-state index < -0.39 is 5.97 Å². The highest BCUT2D eigenvalue weighted by molar-refractivity contribution is 5.73. The van der Waals surface area contributed by atoms with Gasteiger partial charge in [-0.1, -0.05) is 19.8 Å². The molecule has 0 aromatic carbocycles. The van der Waals surface area contributed by atoms with E-state index in [4.69, 9.17) is 0 Å². The van der Waals surface area contributed by atoms with Crippen LogP contribution in [0.25, 0.3) is 0 Å². The van der Waals surface area contributed by atoms with Gasteiger partial charge in [0.25, 0.3) is 0 Å². The van der Waals surface area contributed by atoms with Gasteiger partial charge in [0.05, 0.1) is 6.10 Å². The lowest BCUT2D eigenvalue weighted by molar-refractivity contribution is -0.144. The van der Waals surface area contributed by atoms with Crippen LogP contribution >= 0.6 is 0 Å². The molecule has 18 heavy (non-hydrogen) atoms. The van der Waals surface area contributed by atoms with E-state index in [1.54, 1.807) is 0 Å². The molecule has 4 atom stereocenters. The fraction of sp³-hybridized carbons (Fsp3) is 0.929. The summed E-state index contributed by atoms with van der Waals surface area (Å²) in [6, 6.07) is -0.0644. The Morgan fingerprint density at radius 2 is 2.11 bits per heavy atom. The second-order valence-electron chi connectivity index (χ2n) is 5.75. The van der Waals surface area contributed by atoms with Gasteiger partial charge in [-0.15, -0.1) is 0 Å². The number of rotatable bonds is 5. The second kappa shape index (κ2) is 6.02. The van der Waals surface area contributed by atoms with Crippen LogP contribution in [-0.4, -0.2) is 45.8 Å². The summed E-state index contributed by atoms with van der Waals surface area (Å²) < 4.78 is 0. The van der Waals surface area contributed by atoms with Crippen molar-refractivity contribution in [3.8, 4) is 0 Å². The highest BCUT2D eigenvalue weighted by Crippen LogP contribution is 2.37. The van der Waals surface area contributed by atoms with Crippen LogP contribution in [0.1, 0.15) is 51.9 Å². The Hall–Kier alpha value is -0.610. The van der Waals surface area contributed by atoms with E-state index in [2.05, 4.69) is 4.90 Å². The summed E-state index contributed by atoms with van der Waals surface area (Å²) in [5.41, 5.74) is 0. The van der Waals surface area contributed by atoms with Gasteiger partial charge in [-0.05, 0) is 38.6 Å². The van der Waals surface area contributed by atoms with Crippen molar-refractivity contribution in [3.63, 3.8) is 0 Å². The lowest BCUT2D eigenvalue weighted by Crippen LogP contribution is -2.48. The first-order valence-electron chi connectivity index (χ1n) is 7.31. The zero-order valence-corrected chi connectivity index (χ0v) is 11.2. The molecule has 0 spiro atoms. The van der Waals surface area contributed by atoms with Crippen LogP contribution in [0.3, 0.4) is 0 Å². The van der Waals surface area contributed by atoms with Crippen molar-refractivity contribution in [2.75, 3.05) is 6.54 Å². The largest absolute Gasteiger partial charge is 0.480 e. The Labute approximate surface area is 109 Å². The predicted molar refractivity (Wildman–Crippen MR) is 69.4 cm³/mol. The van der Waals surface area contributed by atoms with Crippen molar-refractivity contribution in [1.82, 2.24) is 4.90 Å². The standard InChI is InChI=1S/C14H25NO3/c1-2-5-12(14(17)18)15-9-4-7-11(15)10-6-3-8-13(10)16/h10-13,16H,2-9H2,1H3,(H,17,18). The monoisotopic (exact) mass is 255 g/mol. The van der Waals surface area contributed by atoms with Gasteiger partial charge in [-0.3, -0.25) is 9.69 Å². The third kappa shape index (κ3) is 2.69. The fourth-order valence-electron chi connectivity index (χ4n) is 3.78. The Balaban J connectivity index is 2.07. The van der Waals surface area contributed by atoms with Crippen molar-refractivity contribution < 1.29 is 15.0 Å². The number of aliphatic carboxylic acids is 1. The lowest BCUT2D eigenvalue weighted by atomic mass is 9.93. The van der Waals surface area contributed by atoms with Gasteiger partial charge in [0.2, 0.25) is 0 Å². The highest BCUT2D eigenvalue weighted by atomic mass is 16.4. The van der Waals surface area contributed by atoms with E-state index >= 15 is 0 Å². The SMILES string of the molecule is CCCC(C(=O)O)N1CCCC1C1CCCC1O. The lowest BCUT2D eigenvalue weighted by Gasteiger charge is -2.35. The zero-order valence-electron chi connectivity index (χ0n) is 11.2. The van der Waals surface area contributed by atoms with E-state index in [0.717, 1.165) is 45.1 Å². The third-order valence-corrected chi connectivity index (χ3v) is 4.62. The maximum atomic E-state index is 11.4. The predicted octanol–water partition coefficient (Wildman–Crippen LogP) is 1.87. The number of carboxylic acid groups (broad SMARTS) is 1. The van der Waals surface area contributed by atoms with Crippen molar-refractivity contribution in [1.29, 1.82) is 0 Å². The molecule has 0 amide bonds. The average molecular weight is 255 g/mol. The first kappa shape index (κ1) is 13.8. The molecule has 4 nitrogen and oxygen atoms in total. The Morgan fingerprint density at radius 3 is 2.67 bits per heavy atom. The normalized spacial score (nSPS) is 34.9. The fourth-order valence-corrected chi connectivity index (χ4v) is 3.78. The number of carboxylic acids is 1. The molecule has 104 valence electrons. The van der Waals surface area contributed by atoms with E-state index in [0.29, 0.717) is 12.3 Å². The Kier molecular flexibility index (Phi) is 4.62. The van der Waals surface area contributed by atoms with Crippen LogP contribution in [-0.2, 0) is 4.79 Å². The van der Waals surface area contributed by atoms with Gasteiger partial charge in [-0.2, -0.15) is 0 Å². The zero-order chi connectivity index (χ0) is 13.1. The van der Waals surface area contributed by atoms with Crippen molar-refractivity contribution in [2.24, 2.45) is 5.92 Å². The molecule has 1 aliphatic heterocycles. The molecule has 4 heteroatoms. The number of aliphatic hydroxyl groups excluding tert-OH is 1. The molecule has 1 saturated heterocycles. The summed E-state index contributed by atoms with van der Waals surface area (Å²) in [5.74, 6) is -0.401. The molecular formula is C14H25NO3. The quantitative estimate of drug-likeness (QED) is 0.787. The summed E-state index contributed by atoms with van der Waals surface area (Å²) in [6.45, 7) is 2.91. The minimum Gasteiger partial charge on any atom is -0.480 e. The van der Waals surface area contributed by atoms with Crippen LogP contribution in [0.2, 0.25) is 0 Å². The molecule has 2 fully saturated rings. The molecule has 0 bridgehead atoms. The van der Waals surface area contributed by atoms with E-state index in [-0.39, 0.29) is 18.2 Å². The minimum atomic E-state index is -0.698. The number of aliphatic hydroxyl groups is 1. The molecule has 4 unspecified atom stereocenters. The summed E-state index contributed by atoms with van der Waals surface area (Å²) in [4.78, 5) is 13.6. The topological polar surface area (TPSA) is 60.8 Å². The Bertz CT molecular complexity index is 295. The molecule has 2 aliphatic rings. The summed E-state index contributed by atoms with van der Waals surface area (Å²) in [6.07, 6.45) is 6.55. The maximum absolute atomic E-state index is 11.4. The maximum Gasteiger partial charge on any atom is 0.320 e. The van der Waals surface area contributed by atoms with E-state index in [1.165, 1.54) is 0 Å². The van der Waals surface area contributed by atoms with E-state index in [9.17, 15) is 15.0 Å². The molecule has 2 rings (SSSR count). The van der Waals surface area contributed by atoms with Gasteiger partial charge < -0.3 is 10.2 Å². The highest BCUT2D eigenvalue weighted by Gasteiger charge is 2.42. The van der Waals surface area contributed by atoms with Crippen molar-refractivity contribution in [2.45, 2.75) is 70.1 Å². The van der Waals surface area contributed by atoms with E-state index in [1.807, 2.05) is 6.92 Å². The van der Waals surface area contributed by atoms with Crippen LogP contribution in [0.4, 0.5) is 0 Å². The van der Waals surface area contributed by atoms with Gasteiger partial charge in [0.15, 0.2) is 0 Å². The van der Waals surface area contributed by atoms with Crippen LogP contribution in [0.5, 0.6) is 0 Å². The van der Waals surface area contributed by atoms with Gasteiger partial charge in [-0.25, -0.2) is 0 Å². The average Bonchev–Trinajstić information content (AvgIpc) is 2.93. The molecular weight excluding hydrogens is 230 g/mol. The first-order chi connectivity index (χ1) is 8.65. The number of carbonyl (C=O) groups is 1. The number of hydrogen-bond acceptors (Lipinski definition) is 3. The molecule has 0 radical (unpaired) electrons. The Morgan fingerprint density at radius 1 is 1.33 bits per heavy atom. The molecule has 1 heterocycles. The first-order valence-corrected chi connectivity index (χ1v) is 7.31. The van der Waals surface area contributed by atoms with Gasteiger partial charge in [0.1, 0.15) is 6.04 Å². The van der Waals surface area contributed by atoms with Crippen LogP contribution in [0, 0.1) is 5.92 Å². The number of hydrogen-bond donors (Lipinski definition) is 2. The molecule has 1 saturated carbocycles. The molecule has 0 aromatic rings. The summed E-state index contributed by atoms with van der Waals surface area (Å²) in [7, 11) is 0. The van der Waals surface area contributed by atoms with Crippen LogP contribution < -0.4 is 0 Å². The second-order valence-corrected chi connectivity index (χ2v) is 5.75. The molecule has 2 N–H and O–H groups in total. The molecule has 0 aromatic heterocycles. The van der Waals surface area contributed by atoms with Gasteiger partial charge in [0, 0.05) is 12.0 Å². The summed E-state index contributed by atoms with van der Waals surface area (Å²) >= 11 is 0. The van der Waals surface area contributed by atoms with Crippen LogP contribution in [0.15, 0.2) is 0 Å². The summed E-state index contributed by atoms with van der Waals surface area (Å²) in [5, 5.41) is 19.4. The number of nitrogens with zero attached hydrogens (tertiary/aromatic N) is 1. The number of likely N-dealkylation sites (tertiary alicyclic amines) is 1. The van der Waals surface area contributed by atoms with Gasteiger partial charge >= 0.3 is 5.97 Å². The van der Waals surface area contributed by atoms with Crippen molar-refractivity contribution in [3.05, 3.63) is 0 Å².